The molecule has 2 fully saturated rings. The van der Waals surface area contributed by atoms with Crippen molar-refractivity contribution in [3.05, 3.63) is 29.8 Å². The molecule has 1 aromatic rings. The van der Waals surface area contributed by atoms with Crippen molar-refractivity contribution in [2.24, 2.45) is 21.8 Å². The summed E-state index contributed by atoms with van der Waals surface area (Å²) >= 11 is 0. The number of hydrogen-bond acceptors (Lipinski definition) is 6. The third-order valence-corrected chi connectivity index (χ3v) is 8.42. The summed E-state index contributed by atoms with van der Waals surface area (Å²) in [4.78, 5) is 24.3. The molecule has 30 heavy (non-hydrogen) atoms. The summed E-state index contributed by atoms with van der Waals surface area (Å²) in [5.74, 6) is -0.738. The summed E-state index contributed by atoms with van der Waals surface area (Å²) in [5, 5.41) is 4.33. The lowest BCUT2D eigenvalue weighted by atomic mass is 9.70. The van der Waals surface area contributed by atoms with Gasteiger partial charge in [-0.1, -0.05) is 33.8 Å². The number of nitrogens with zero attached hydrogens (tertiary/aromatic N) is 1. The normalized spacial score (nSPS) is 26.0. The molecule has 2 saturated carbocycles. The second kappa shape index (κ2) is 8.11. The molecule has 2 aliphatic rings. The van der Waals surface area contributed by atoms with E-state index in [1.807, 2.05) is 0 Å². The van der Waals surface area contributed by atoms with Gasteiger partial charge in [0.1, 0.15) is 0 Å². The van der Waals surface area contributed by atoms with Gasteiger partial charge in [0.05, 0.1) is 10.5 Å². The molecule has 0 aliphatic heterocycles. The van der Waals surface area contributed by atoms with Crippen molar-refractivity contribution < 1.29 is 22.7 Å². The Kier molecular flexibility index (Phi) is 6.06. The molecule has 1 amide bonds. The molecule has 8 nitrogen and oxygen atoms in total. The van der Waals surface area contributed by atoms with E-state index < -0.39 is 28.5 Å². The molecule has 0 aromatic heterocycles. The summed E-state index contributed by atoms with van der Waals surface area (Å²) in [6.07, 6.45) is 3.10. The summed E-state index contributed by atoms with van der Waals surface area (Å²) in [5.41, 5.74) is 3.67. The number of sulfonamides is 1. The number of amides is 1. The van der Waals surface area contributed by atoms with Crippen LogP contribution in [0, 0.1) is 16.7 Å². The number of carbonyl (C=O) groups excluding carboxylic acids is 2. The maximum Gasteiger partial charge on any atom is 0.338 e. The maximum absolute atomic E-state index is 12.2. The van der Waals surface area contributed by atoms with Crippen LogP contribution in [0.5, 0.6) is 0 Å². The lowest BCUT2D eigenvalue weighted by molar-refractivity contribution is -0.124. The SMILES string of the molecule is CCNS(=O)(=O)c1cccc(C(=O)OCC(=O)N/N=C2/C[C@H]3CC[C@]2(C)C3(C)C)c1. The molecule has 0 radical (unpaired) electrons. The lowest BCUT2D eigenvalue weighted by Crippen LogP contribution is -2.34. The Balaban J connectivity index is 1.58. The highest BCUT2D eigenvalue weighted by Gasteiger charge is 2.60. The summed E-state index contributed by atoms with van der Waals surface area (Å²) in [6.45, 7) is 8.09. The van der Waals surface area contributed by atoms with Crippen molar-refractivity contribution in [1.82, 2.24) is 10.1 Å². The topological polar surface area (TPSA) is 114 Å². The van der Waals surface area contributed by atoms with Gasteiger partial charge in [-0.15, -0.1) is 0 Å². The fourth-order valence-electron chi connectivity index (χ4n) is 4.54. The Hall–Kier alpha value is -2.26. The predicted octanol–water partition coefficient (Wildman–Crippen LogP) is 2.46. The molecule has 2 aliphatic carbocycles. The van der Waals surface area contributed by atoms with E-state index in [-0.39, 0.29) is 27.8 Å². The summed E-state index contributed by atoms with van der Waals surface area (Å²) < 4.78 is 31.5. The van der Waals surface area contributed by atoms with Gasteiger partial charge in [-0.25, -0.2) is 23.4 Å². The third-order valence-electron chi connectivity index (χ3n) is 6.88. The third kappa shape index (κ3) is 4.00. The van der Waals surface area contributed by atoms with Gasteiger partial charge in [0.25, 0.3) is 5.91 Å². The molecule has 3 rings (SSSR count). The Morgan fingerprint density at radius 3 is 2.60 bits per heavy atom. The van der Waals surface area contributed by atoms with Gasteiger partial charge >= 0.3 is 5.97 Å². The molecule has 0 heterocycles. The van der Waals surface area contributed by atoms with Crippen LogP contribution in [-0.2, 0) is 19.6 Å². The molecule has 2 atom stereocenters. The van der Waals surface area contributed by atoms with Crippen LogP contribution in [0.2, 0.25) is 0 Å². The van der Waals surface area contributed by atoms with Crippen LogP contribution in [-0.4, -0.2) is 39.2 Å². The predicted molar refractivity (Wildman–Crippen MR) is 112 cm³/mol. The molecule has 0 spiro atoms. The van der Waals surface area contributed by atoms with Crippen LogP contribution in [0.4, 0.5) is 0 Å². The fraction of sp³-hybridized carbons (Fsp3) is 0.571. The second-order valence-electron chi connectivity index (χ2n) is 8.69. The van der Waals surface area contributed by atoms with Crippen LogP contribution in [0.15, 0.2) is 34.3 Å². The van der Waals surface area contributed by atoms with Crippen LogP contribution in [0.1, 0.15) is 57.3 Å². The van der Waals surface area contributed by atoms with Crippen molar-refractivity contribution in [2.45, 2.75) is 51.9 Å². The Morgan fingerprint density at radius 2 is 2.00 bits per heavy atom. The van der Waals surface area contributed by atoms with E-state index in [0.29, 0.717) is 5.92 Å². The number of hydrazone groups is 1. The van der Waals surface area contributed by atoms with E-state index in [4.69, 9.17) is 4.74 Å². The van der Waals surface area contributed by atoms with Crippen molar-refractivity contribution in [2.75, 3.05) is 13.2 Å². The molecule has 2 N–H and O–H groups in total. The standard InChI is InChI=1S/C21H29N3O5S/c1-5-22-30(27,28)16-8-6-7-14(11-16)19(26)29-13-18(25)24-23-17-12-15-9-10-21(17,4)20(15,2)3/h6-8,11,15,22H,5,9-10,12-13H2,1-4H3,(H,24,25)/b23-17-/t15-,21+/m1/s1. The Morgan fingerprint density at radius 1 is 1.27 bits per heavy atom. The zero-order valence-electron chi connectivity index (χ0n) is 17.8. The van der Waals surface area contributed by atoms with Crippen molar-refractivity contribution >= 4 is 27.6 Å². The van der Waals surface area contributed by atoms with Gasteiger partial charge in [0.2, 0.25) is 10.0 Å². The number of nitrogens with one attached hydrogen (secondary N) is 2. The molecule has 2 bridgehead atoms. The number of hydrogen-bond donors (Lipinski definition) is 2. The van der Waals surface area contributed by atoms with Gasteiger partial charge in [-0.2, -0.15) is 5.10 Å². The molecular weight excluding hydrogens is 406 g/mol. The van der Waals surface area contributed by atoms with Gasteiger partial charge in [-0.05, 0) is 48.8 Å². The van der Waals surface area contributed by atoms with Crippen molar-refractivity contribution in [1.29, 1.82) is 0 Å². The molecule has 1 aromatic carbocycles. The number of benzene rings is 1. The first-order valence-corrected chi connectivity index (χ1v) is 11.6. The minimum absolute atomic E-state index is 0.0277. The van der Waals surface area contributed by atoms with E-state index in [0.717, 1.165) is 18.6 Å². The van der Waals surface area contributed by atoms with Crippen LogP contribution in [0.3, 0.4) is 0 Å². The molecule has 164 valence electrons. The zero-order chi connectivity index (χ0) is 22.2. The number of rotatable bonds is 7. The van der Waals surface area contributed by atoms with Crippen molar-refractivity contribution in [3.63, 3.8) is 0 Å². The number of fused-ring (bicyclic) bond motifs is 2. The minimum Gasteiger partial charge on any atom is -0.452 e. The first-order chi connectivity index (χ1) is 14.0. The lowest BCUT2D eigenvalue weighted by Gasteiger charge is -2.34. The number of ether oxygens (including phenoxy) is 1. The first kappa shape index (κ1) is 22.4. The first-order valence-electron chi connectivity index (χ1n) is 10.1. The van der Waals surface area contributed by atoms with E-state index in [1.165, 1.54) is 30.7 Å². The van der Waals surface area contributed by atoms with E-state index in [1.54, 1.807) is 6.92 Å². The zero-order valence-corrected chi connectivity index (χ0v) is 18.6. The number of esters is 1. The maximum atomic E-state index is 12.2. The second-order valence-corrected chi connectivity index (χ2v) is 10.5. The van der Waals surface area contributed by atoms with E-state index in [9.17, 15) is 18.0 Å². The van der Waals surface area contributed by atoms with Gasteiger partial charge < -0.3 is 4.74 Å². The molecule has 9 heteroatoms. The smallest absolute Gasteiger partial charge is 0.338 e. The Bertz CT molecular complexity index is 986. The van der Waals surface area contributed by atoms with E-state index >= 15 is 0 Å². The summed E-state index contributed by atoms with van der Waals surface area (Å²) in [6, 6.07) is 5.49. The Labute approximate surface area is 177 Å². The minimum atomic E-state index is -3.69. The molecular formula is C21H29N3O5S. The highest BCUT2D eigenvalue weighted by atomic mass is 32.2. The molecule has 0 unspecified atom stereocenters. The highest BCUT2D eigenvalue weighted by molar-refractivity contribution is 7.89. The largest absolute Gasteiger partial charge is 0.452 e. The number of carbonyl (C=O) groups is 2. The quantitative estimate of drug-likeness (QED) is 0.504. The van der Waals surface area contributed by atoms with Crippen LogP contribution < -0.4 is 10.1 Å². The average molecular weight is 436 g/mol. The molecule has 0 saturated heterocycles. The average Bonchev–Trinajstić information content (AvgIpc) is 3.04. The van der Waals surface area contributed by atoms with Gasteiger partial charge in [-0.3, -0.25) is 4.79 Å². The fourth-order valence-corrected chi connectivity index (χ4v) is 5.62. The van der Waals surface area contributed by atoms with Gasteiger partial charge in [0.15, 0.2) is 6.61 Å². The highest BCUT2D eigenvalue weighted by Crippen LogP contribution is 2.63. The van der Waals surface area contributed by atoms with Crippen LogP contribution >= 0.6 is 0 Å². The monoisotopic (exact) mass is 435 g/mol. The summed E-state index contributed by atoms with van der Waals surface area (Å²) in [7, 11) is -3.69. The van der Waals surface area contributed by atoms with E-state index in [2.05, 4.69) is 36.0 Å². The van der Waals surface area contributed by atoms with Gasteiger partial charge in [0, 0.05) is 17.7 Å². The van der Waals surface area contributed by atoms with Crippen molar-refractivity contribution in [3.8, 4) is 0 Å². The van der Waals surface area contributed by atoms with Crippen LogP contribution in [0.25, 0.3) is 0 Å².